The van der Waals surface area contributed by atoms with E-state index in [1.54, 1.807) is 33.9 Å². The van der Waals surface area contributed by atoms with Crippen LogP contribution in [0.5, 0.6) is 17.6 Å². The number of aliphatic hydroxyl groups excluding tert-OH is 7. The number of methoxy groups -OCH3 is 1. The molecule has 588 valence electrons. The molecule has 11 N–H and O–H groups in total. The van der Waals surface area contributed by atoms with Crippen LogP contribution in [-0.4, -0.2) is 316 Å². The summed E-state index contributed by atoms with van der Waals surface area (Å²) in [5.74, 6) is 2.61. The number of aromatic nitrogens is 16. The Kier molecular flexibility index (Phi) is 28.1. The summed E-state index contributed by atoms with van der Waals surface area (Å²) in [7, 11) is 1.52. The molecule has 8 aromatic heterocycles. The Morgan fingerprint density at radius 2 is 0.877 bits per heavy atom. The maximum atomic E-state index is 12.3. The third kappa shape index (κ3) is 20.5. The summed E-state index contributed by atoms with van der Waals surface area (Å²) in [6.07, 6.45) is 20.1. The summed E-state index contributed by atoms with van der Waals surface area (Å²) in [6, 6.07) is 0. The number of hydrogen-bond acceptors (Lipinski definition) is 28. The molecule has 0 amide bonds. The second-order valence-electron chi connectivity index (χ2n) is 29.9. The topological polar surface area (TPSA) is 439 Å². The van der Waals surface area contributed by atoms with Gasteiger partial charge in [0.25, 0.3) is 5.56 Å². The van der Waals surface area contributed by atoms with Gasteiger partial charge in [-0.1, -0.05) is 20.3 Å². The van der Waals surface area contributed by atoms with Crippen molar-refractivity contribution in [3.63, 3.8) is 0 Å². The minimum absolute atomic E-state index is 0.0449. The van der Waals surface area contributed by atoms with Gasteiger partial charge < -0.3 is 80.0 Å². The van der Waals surface area contributed by atoms with Crippen molar-refractivity contribution in [2.45, 2.75) is 177 Å². The summed E-state index contributed by atoms with van der Waals surface area (Å²) in [5.41, 5.74) is 8.91. The zero-order chi connectivity index (χ0) is 77.7. The highest BCUT2D eigenvalue weighted by Crippen LogP contribution is 2.45. The summed E-state index contributed by atoms with van der Waals surface area (Å²) in [4.78, 5) is 62.2. The normalized spacial score (nSPS) is 26.2. The van der Waals surface area contributed by atoms with Gasteiger partial charge >= 0.3 is 0 Å². The number of H-pyrrole nitrogens is 1. The van der Waals surface area contributed by atoms with E-state index in [9.17, 15) is 40.5 Å². The van der Waals surface area contributed by atoms with Crippen molar-refractivity contribution in [1.29, 1.82) is 0 Å². The molecule has 33 nitrogen and oxygen atoms in total. The molecule has 8 aromatic rings. The molecule has 4 aliphatic heterocycles. The number of halogens is 1. The Morgan fingerprint density at radius 1 is 0.509 bits per heavy atom. The molecule has 0 bridgehead atoms. The van der Waals surface area contributed by atoms with E-state index < -0.39 is 119 Å². The molecular weight excluding hydrogens is 1470 g/mol. The number of imidazole rings is 4. The molecule has 16 atom stereocenters. The first-order valence-corrected chi connectivity index (χ1v) is 48.1. The number of rotatable bonds is 26. The first kappa shape index (κ1) is 84.1. The molecule has 0 saturated carbocycles. The zero-order valence-electron chi connectivity index (χ0n) is 63.1. The predicted octanol–water partition coefficient (Wildman–Crippen LogP) is 5.33. The van der Waals surface area contributed by atoms with Gasteiger partial charge in [0.15, 0.2) is 69.6 Å². The largest absolute Gasteiger partial charge is 0.479 e. The molecular formula is C68H109ClN18O15P4. The third-order valence-corrected chi connectivity index (χ3v) is 24.4. The van der Waals surface area contributed by atoms with Crippen molar-refractivity contribution >= 4 is 121 Å². The van der Waals surface area contributed by atoms with Crippen molar-refractivity contribution in [2.75, 3.05) is 116 Å². The lowest BCUT2D eigenvalue weighted by atomic mass is 10.1. The van der Waals surface area contributed by atoms with E-state index in [4.69, 9.17) is 50.5 Å². The Balaban J connectivity index is 0.000000164. The average Bonchev–Trinajstić information content (AvgIpc) is 1.63. The van der Waals surface area contributed by atoms with Gasteiger partial charge in [-0.3, -0.25) is 28.0 Å². The fourth-order valence-corrected chi connectivity index (χ4v) is 16.5. The van der Waals surface area contributed by atoms with E-state index in [-0.39, 0.29) is 23.1 Å². The number of ether oxygens (including phenoxy) is 7. The smallest absolute Gasteiger partial charge is 0.280 e. The van der Waals surface area contributed by atoms with Crippen LogP contribution in [0, 0.1) is 13.8 Å². The number of aliphatic hydroxyl groups is 7. The van der Waals surface area contributed by atoms with Crippen molar-refractivity contribution in [1.82, 2.24) is 78.1 Å². The first-order chi connectivity index (χ1) is 49.8. The summed E-state index contributed by atoms with van der Waals surface area (Å²) in [6.45, 7) is 23.3. The van der Waals surface area contributed by atoms with Crippen LogP contribution in [0.25, 0.3) is 44.7 Å². The van der Waals surface area contributed by atoms with Gasteiger partial charge in [-0.05, 0) is 137 Å². The van der Waals surface area contributed by atoms with Crippen molar-refractivity contribution in [2.24, 2.45) is 0 Å². The molecule has 4 saturated heterocycles. The number of nitrogens with zero attached hydrogens (tertiary/aromatic N) is 15. The van der Waals surface area contributed by atoms with E-state index in [0.29, 0.717) is 113 Å². The first-order valence-electron chi connectivity index (χ1n) is 35.5. The Bertz CT molecular complexity index is 4560. The third-order valence-electron chi connectivity index (χ3n) is 18.1. The Hall–Kier alpha value is -5.95. The summed E-state index contributed by atoms with van der Waals surface area (Å²) < 4.78 is 46.9. The number of aryl methyl sites for hydroxylation is 2. The van der Waals surface area contributed by atoms with Gasteiger partial charge in [0.1, 0.15) is 59.8 Å². The highest BCUT2D eigenvalue weighted by atomic mass is 35.5. The van der Waals surface area contributed by atoms with E-state index >= 15 is 0 Å². The van der Waals surface area contributed by atoms with Crippen LogP contribution in [0.4, 0.5) is 11.9 Å². The van der Waals surface area contributed by atoms with Crippen LogP contribution in [0.2, 0.25) is 0 Å². The van der Waals surface area contributed by atoms with Crippen LogP contribution in [0.15, 0.2) is 30.1 Å². The van der Waals surface area contributed by atoms with Crippen LogP contribution in [0.1, 0.15) is 102 Å². The lowest BCUT2D eigenvalue weighted by molar-refractivity contribution is -0.0353. The monoisotopic (exact) mass is 1580 g/mol. The number of alkyl halides is 1. The van der Waals surface area contributed by atoms with Crippen LogP contribution in [-0.2, 0) is 18.9 Å². The Morgan fingerprint density at radius 3 is 1.28 bits per heavy atom. The average molecular weight is 1580 g/mol. The molecule has 0 spiro atoms. The number of aromatic amines is 1. The lowest BCUT2D eigenvalue weighted by Crippen LogP contribution is -2.32. The SMILES string of the molecule is C=P(C)(C)CC[C@H]1OC(n2cnc3c(=O)[nH]c(NCCCC)nc32)[C@H](O)[C@@H]1O.C=P(C)(C)CC[C@H]1OC(n2cnc3c(OC)nc(C)nc32)[C@H](O)[C@@H]1O.C=P(C)(C)CC[C@H]1OC(n2cnc3c(OCC)nc(C)nc32)[C@H](Cl)[C@@H]1O.C=P(C)(C)CC[C@H]1OC(n2cnc3c(OCCC)nc(N)nc32)[C@H](O)[C@@H]1O. The molecule has 12 rings (SSSR count). The molecule has 106 heavy (non-hydrogen) atoms. The molecule has 38 heteroatoms. The molecule has 4 fully saturated rings. The van der Waals surface area contributed by atoms with Gasteiger partial charge in [-0.25, -0.2) is 29.9 Å². The van der Waals surface area contributed by atoms with Crippen molar-refractivity contribution in [3.8, 4) is 17.6 Å². The molecule has 0 aliphatic carbocycles. The van der Waals surface area contributed by atoms with Gasteiger partial charge in [-0.15, -0.1) is 64.3 Å². The fraction of sp³-hybridized carbons (Fsp3) is 0.647. The predicted molar refractivity (Wildman–Crippen MR) is 424 cm³/mol. The number of nitrogens with two attached hydrogens (primary N) is 1. The van der Waals surface area contributed by atoms with E-state index in [2.05, 4.69) is 151 Å². The minimum atomic E-state index is -1.27. The van der Waals surface area contributed by atoms with E-state index in [0.717, 1.165) is 50.3 Å². The second kappa shape index (κ2) is 35.4. The maximum Gasteiger partial charge on any atom is 0.280 e. The fourth-order valence-electron chi connectivity index (χ4n) is 12.4. The quantitative estimate of drug-likeness (QED) is 0.0186. The van der Waals surface area contributed by atoms with Crippen LogP contribution in [0.3, 0.4) is 0 Å². The van der Waals surface area contributed by atoms with Crippen molar-refractivity contribution in [3.05, 3.63) is 47.3 Å². The summed E-state index contributed by atoms with van der Waals surface area (Å²) in [5, 5.41) is 75.8. The standard InChI is InChI=1S/C18H30N5O4P.C17H26ClN4O3P.C17H28N5O4P.C16H25N4O4P/c1-5-6-8-19-18-21-15-12(16(26)22-18)20-10-23(15)17-14(25)13(24)11(27-17)7-9-28(2,3)4;1-6-24-16-13-15(20-10(2)21-16)22(9-19-13)17-12(18)14(23)11(25-17)7-8-26(3,4)5;1-5-7-25-15-11-14(20-17(18)21-15)22(9-19-11)16-13(24)12(23)10(26-16)6-8-27(2,3)4;1-9-18-14-11(15(19-9)23-2)17-8-20(14)16-13(22)12(21)10(24-16)6-7-25(3,4)5/h10-11,13-14,17,24-25H,2,5-9H2,1,3-4H3,(H2,19,21,22,26);9,11-12,14,17,23H,3,6-8H2,1-2,4-5H3;9-10,12-13,16,23-24H,2,5-8H2,1,3-4H3,(H2,18,20,21);8,10,12-13,16,21-22H,3,6-7H2,1-2,4-5H3/t11-,13-,14-,17?;11-,12-,14-,17?;2*10-,12-,13-,16?/m1111/s1. The minimum Gasteiger partial charge on any atom is -0.479 e. The molecule has 4 unspecified atom stereocenters. The van der Waals surface area contributed by atoms with Gasteiger partial charge in [0.2, 0.25) is 29.5 Å². The van der Waals surface area contributed by atoms with Gasteiger partial charge in [-0.2, -0.15) is 24.9 Å². The number of nitrogens with one attached hydrogen (secondary N) is 2. The van der Waals surface area contributed by atoms with Gasteiger partial charge in [0.05, 0.1) is 70.0 Å². The molecule has 4 aliphatic rings. The molecule has 0 radical (unpaired) electrons. The number of fused-ring (bicyclic) bond motifs is 4. The lowest BCUT2D eigenvalue weighted by Gasteiger charge is -2.19. The van der Waals surface area contributed by atoms with Gasteiger partial charge in [0, 0.05) is 6.54 Å². The second-order valence-corrected chi connectivity index (χ2v) is 47.7. The number of hydrogen-bond donors (Lipinski definition) is 10. The highest BCUT2D eigenvalue weighted by molar-refractivity contribution is 7.73. The van der Waals surface area contributed by atoms with Crippen molar-refractivity contribution < 1.29 is 68.9 Å². The van der Waals surface area contributed by atoms with Crippen LogP contribution < -0.4 is 30.8 Å². The van der Waals surface area contributed by atoms with E-state index in [1.807, 2.05) is 13.8 Å². The number of anilines is 2. The summed E-state index contributed by atoms with van der Waals surface area (Å²) >= 11 is 6.50. The number of unbranched alkanes of at least 4 members (excludes halogenated alkanes) is 1. The Labute approximate surface area is 622 Å². The maximum absolute atomic E-state index is 12.3. The molecule has 12 heterocycles. The van der Waals surface area contributed by atoms with E-state index in [1.165, 1.54) is 30.7 Å². The zero-order valence-corrected chi connectivity index (χ0v) is 67.5. The highest BCUT2D eigenvalue weighted by Gasteiger charge is 2.48. The van der Waals surface area contributed by atoms with Crippen LogP contribution >= 0.6 is 39.1 Å². The number of nitrogen functional groups attached to an aromatic ring is 1. The molecule has 0 aromatic carbocycles.